The Morgan fingerprint density at radius 3 is 2.56 bits per heavy atom. The van der Waals surface area contributed by atoms with Gasteiger partial charge in [-0.3, -0.25) is 0 Å². The number of guanidine groups is 1. The molecule has 1 aromatic heterocycles. The smallest absolute Gasteiger partial charge is 0.213 e. The van der Waals surface area contributed by atoms with Crippen LogP contribution in [0, 0.1) is 0 Å². The minimum atomic E-state index is -0.773. The third-order valence-corrected chi connectivity index (χ3v) is 3.90. The van der Waals surface area contributed by atoms with E-state index in [1.807, 2.05) is 19.1 Å². The Bertz CT molecular complexity index is 742. The average Bonchev–Trinajstić information content (AvgIpc) is 2.63. The number of nitrogens with one attached hydrogen (secondary N) is 2. The van der Waals surface area contributed by atoms with Gasteiger partial charge in [-0.2, -0.15) is 0 Å². The Balaban J connectivity index is 0.00000364. The average molecular weight is 525 g/mol. The van der Waals surface area contributed by atoms with Crippen LogP contribution < -0.4 is 15.4 Å². The molecule has 148 valence electrons. The highest BCUT2D eigenvalue weighted by atomic mass is 127. The van der Waals surface area contributed by atoms with E-state index in [9.17, 15) is 5.11 Å². The molecule has 2 aromatic rings. The monoisotopic (exact) mass is 524 g/mol. The second kappa shape index (κ2) is 12.2. The topological polar surface area (TPSA) is 78.8 Å². The normalized spacial score (nSPS) is 12.1. The second-order valence-electron chi connectivity index (χ2n) is 5.47. The zero-order chi connectivity index (χ0) is 18.9. The lowest BCUT2D eigenvalue weighted by atomic mass is 10.1. The lowest BCUT2D eigenvalue weighted by molar-refractivity contribution is 0.181. The first-order valence-electron chi connectivity index (χ1n) is 8.18. The van der Waals surface area contributed by atoms with Gasteiger partial charge in [0.05, 0.1) is 25.5 Å². The van der Waals surface area contributed by atoms with E-state index < -0.39 is 6.10 Å². The molecule has 0 radical (unpaired) electrons. The zero-order valence-corrected chi connectivity index (χ0v) is 18.9. The molecule has 1 atom stereocenters. The molecule has 0 spiro atoms. The maximum atomic E-state index is 10.3. The van der Waals surface area contributed by atoms with Gasteiger partial charge in [-0.25, -0.2) is 9.98 Å². The van der Waals surface area contributed by atoms with Gasteiger partial charge in [0, 0.05) is 29.2 Å². The number of aliphatic imine (C=N–C) groups is 1. The summed E-state index contributed by atoms with van der Waals surface area (Å²) in [5, 5.41) is 17.5. The van der Waals surface area contributed by atoms with Gasteiger partial charge >= 0.3 is 0 Å². The van der Waals surface area contributed by atoms with E-state index >= 15 is 0 Å². The van der Waals surface area contributed by atoms with E-state index in [0.717, 1.165) is 5.69 Å². The van der Waals surface area contributed by atoms with Crippen LogP contribution in [0.25, 0.3) is 0 Å². The number of ether oxygens (including phenoxy) is 1. The first-order valence-corrected chi connectivity index (χ1v) is 8.93. The fraction of sp³-hybridized carbons (Fsp3) is 0.333. The molecule has 0 saturated heterocycles. The molecule has 1 aromatic carbocycles. The summed E-state index contributed by atoms with van der Waals surface area (Å²) in [7, 11) is 1.57. The summed E-state index contributed by atoms with van der Waals surface area (Å²) in [6.45, 7) is 3.30. The Kier molecular flexibility index (Phi) is 10.8. The van der Waals surface area contributed by atoms with E-state index in [1.54, 1.807) is 31.4 Å². The van der Waals surface area contributed by atoms with Gasteiger partial charge in [-0.1, -0.05) is 29.3 Å². The Morgan fingerprint density at radius 1 is 1.22 bits per heavy atom. The second-order valence-corrected chi connectivity index (χ2v) is 6.34. The number of halogens is 3. The van der Waals surface area contributed by atoms with Crippen LogP contribution in [-0.2, 0) is 6.54 Å². The summed E-state index contributed by atoms with van der Waals surface area (Å²) < 4.78 is 5.11. The van der Waals surface area contributed by atoms with Crippen LogP contribution in [-0.4, -0.2) is 36.2 Å². The van der Waals surface area contributed by atoms with Crippen LogP contribution in [0.2, 0.25) is 10.0 Å². The van der Waals surface area contributed by atoms with Gasteiger partial charge in [-0.15, -0.1) is 24.0 Å². The minimum Gasteiger partial charge on any atom is -0.481 e. The minimum absolute atomic E-state index is 0. The maximum Gasteiger partial charge on any atom is 0.213 e. The van der Waals surface area contributed by atoms with Crippen LogP contribution in [0.4, 0.5) is 0 Å². The standard InChI is InChI=1S/C18H22Cl2N4O2.HI/c1-3-21-18(22-10-15-5-4-6-17(24-15)26-2)23-11-16(25)12-7-13(19)9-14(20)8-12;/h4-9,16,25H,3,10-11H2,1-2H3,(H2,21,22,23);1H. The highest BCUT2D eigenvalue weighted by molar-refractivity contribution is 14.0. The number of aromatic nitrogens is 1. The van der Waals surface area contributed by atoms with Crippen molar-refractivity contribution in [3.8, 4) is 5.88 Å². The van der Waals surface area contributed by atoms with Crippen molar-refractivity contribution in [3.05, 3.63) is 57.7 Å². The molecule has 1 unspecified atom stereocenters. The van der Waals surface area contributed by atoms with Crippen molar-refractivity contribution >= 4 is 53.1 Å². The van der Waals surface area contributed by atoms with E-state index in [1.165, 1.54) is 0 Å². The van der Waals surface area contributed by atoms with E-state index in [4.69, 9.17) is 27.9 Å². The molecule has 1 heterocycles. The first kappa shape index (κ1) is 23.7. The van der Waals surface area contributed by atoms with Crippen molar-refractivity contribution in [1.29, 1.82) is 0 Å². The number of pyridine rings is 1. The fourth-order valence-corrected chi connectivity index (χ4v) is 2.78. The van der Waals surface area contributed by atoms with Crippen LogP contribution in [0.1, 0.15) is 24.3 Å². The van der Waals surface area contributed by atoms with Crippen LogP contribution in [0.5, 0.6) is 5.88 Å². The predicted molar refractivity (Wildman–Crippen MR) is 120 cm³/mol. The Hall–Kier alpha value is -1.29. The lowest BCUT2D eigenvalue weighted by Gasteiger charge is -2.16. The summed E-state index contributed by atoms with van der Waals surface area (Å²) >= 11 is 12.0. The molecular weight excluding hydrogens is 502 g/mol. The number of hydrogen-bond donors (Lipinski definition) is 3. The molecule has 0 aliphatic carbocycles. The Morgan fingerprint density at radius 2 is 1.93 bits per heavy atom. The van der Waals surface area contributed by atoms with Gasteiger partial charge < -0.3 is 20.5 Å². The van der Waals surface area contributed by atoms with Crippen LogP contribution >= 0.6 is 47.2 Å². The molecule has 3 N–H and O–H groups in total. The Labute approximate surface area is 186 Å². The molecule has 0 saturated carbocycles. The predicted octanol–water partition coefficient (Wildman–Crippen LogP) is 3.80. The highest BCUT2D eigenvalue weighted by Gasteiger charge is 2.10. The molecule has 6 nitrogen and oxygen atoms in total. The third kappa shape index (κ3) is 8.08. The molecule has 0 fully saturated rings. The van der Waals surface area contributed by atoms with Crippen molar-refractivity contribution < 1.29 is 9.84 Å². The molecule has 27 heavy (non-hydrogen) atoms. The molecule has 0 amide bonds. The zero-order valence-electron chi connectivity index (χ0n) is 15.1. The van der Waals surface area contributed by atoms with E-state index in [2.05, 4.69) is 20.6 Å². The number of benzene rings is 1. The molecular formula is C18H23Cl2IN4O2. The molecule has 2 rings (SSSR count). The summed E-state index contributed by atoms with van der Waals surface area (Å²) in [6.07, 6.45) is -0.773. The van der Waals surface area contributed by atoms with Crippen molar-refractivity contribution in [2.45, 2.75) is 19.6 Å². The van der Waals surface area contributed by atoms with Gasteiger partial charge in [0.2, 0.25) is 5.88 Å². The van der Waals surface area contributed by atoms with E-state index in [0.29, 0.717) is 40.5 Å². The van der Waals surface area contributed by atoms with Crippen LogP contribution in [0.15, 0.2) is 41.4 Å². The molecule has 9 heteroatoms. The van der Waals surface area contributed by atoms with E-state index in [-0.39, 0.29) is 30.5 Å². The first-order chi connectivity index (χ1) is 12.5. The quantitative estimate of drug-likeness (QED) is 0.291. The number of rotatable bonds is 7. The number of nitrogens with zero attached hydrogens (tertiary/aromatic N) is 2. The number of aliphatic hydroxyl groups is 1. The molecule has 0 aliphatic rings. The van der Waals surface area contributed by atoms with Crippen molar-refractivity contribution in [2.75, 3.05) is 20.2 Å². The summed E-state index contributed by atoms with van der Waals surface area (Å²) in [5.41, 5.74) is 1.42. The fourth-order valence-electron chi connectivity index (χ4n) is 2.24. The van der Waals surface area contributed by atoms with Gasteiger partial charge in [0.15, 0.2) is 5.96 Å². The summed E-state index contributed by atoms with van der Waals surface area (Å²) in [4.78, 5) is 8.79. The van der Waals surface area contributed by atoms with Crippen molar-refractivity contribution in [3.63, 3.8) is 0 Å². The van der Waals surface area contributed by atoms with Gasteiger partial charge in [0.1, 0.15) is 0 Å². The van der Waals surface area contributed by atoms with Crippen LogP contribution in [0.3, 0.4) is 0 Å². The van der Waals surface area contributed by atoms with Gasteiger partial charge in [0.25, 0.3) is 0 Å². The highest BCUT2D eigenvalue weighted by Crippen LogP contribution is 2.23. The molecule has 0 aliphatic heterocycles. The maximum absolute atomic E-state index is 10.3. The van der Waals surface area contributed by atoms with Crippen molar-refractivity contribution in [2.24, 2.45) is 4.99 Å². The van der Waals surface area contributed by atoms with Crippen molar-refractivity contribution in [1.82, 2.24) is 15.6 Å². The van der Waals surface area contributed by atoms with Gasteiger partial charge in [-0.05, 0) is 36.8 Å². The SMILES string of the molecule is CCNC(=NCc1cccc(OC)n1)NCC(O)c1cc(Cl)cc(Cl)c1.I. The number of hydrogen-bond acceptors (Lipinski definition) is 4. The largest absolute Gasteiger partial charge is 0.481 e. The lowest BCUT2D eigenvalue weighted by Crippen LogP contribution is -2.39. The number of methoxy groups -OCH3 is 1. The summed E-state index contributed by atoms with van der Waals surface area (Å²) in [5.74, 6) is 1.12. The summed E-state index contributed by atoms with van der Waals surface area (Å²) in [6, 6.07) is 10.5. The molecule has 0 bridgehead atoms. The third-order valence-electron chi connectivity index (χ3n) is 3.47. The number of aliphatic hydroxyl groups excluding tert-OH is 1.